The molecule has 0 radical (unpaired) electrons. The molecule has 41 heavy (non-hydrogen) atoms. The molecule has 0 aliphatic rings. The third kappa shape index (κ3) is 9.89. The lowest BCUT2D eigenvalue weighted by Crippen LogP contribution is -2.48. The van der Waals surface area contributed by atoms with E-state index in [0.717, 1.165) is 22.3 Å². The summed E-state index contributed by atoms with van der Waals surface area (Å²) in [5, 5.41) is 30.8. The van der Waals surface area contributed by atoms with E-state index in [9.17, 15) is 19.8 Å². The second kappa shape index (κ2) is 15.8. The molecular weight excluding hydrogens is 516 g/mol. The number of nitriles is 1. The summed E-state index contributed by atoms with van der Waals surface area (Å²) in [5.74, 6) is -1.53. The van der Waals surface area contributed by atoms with Crippen LogP contribution in [-0.4, -0.2) is 63.8 Å². The predicted molar refractivity (Wildman–Crippen MR) is 163 cm³/mol. The number of nitrogens with one attached hydrogen (secondary N) is 1. The standard InChI is InChI=1S/C27H29N3O4.C6H15N/c1-27(2,3)24(17-31)29-26(34)23(14-25(32)33)30-13-12-22(16-30)21-10-8-20(9-11-21)19-6-4-18(15-28)5-7-19;1-4-7(5-2)6-3/h4-13,16,23-24,31H,14,17H2,1-3H3,(H,29,34)(H,32,33);4-6H2,1-3H3/t23-,24-;/m1./s1. The zero-order chi connectivity index (χ0) is 30.6. The molecule has 3 aromatic rings. The molecule has 0 aliphatic heterocycles. The van der Waals surface area contributed by atoms with Gasteiger partial charge in [-0.25, -0.2) is 0 Å². The second-order valence-corrected chi connectivity index (χ2v) is 11.0. The Morgan fingerprint density at radius 3 is 1.78 bits per heavy atom. The van der Waals surface area contributed by atoms with Gasteiger partial charge in [-0.15, -0.1) is 0 Å². The van der Waals surface area contributed by atoms with Crippen molar-refractivity contribution in [2.75, 3.05) is 26.2 Å². The third-order valence-corrected chi connectivity index (χ3v) is 7.20. The molecule has 0 spiro atoms. The van der Waals surface area contributed by atoms with Gasteiger partial charge in [-0.2, -0.15) is 5.26 Å². The molecule has 0 fully saturated rings. The van der Waals surface area contributed by atoms with Crippen molar-refractivity contribution in [3.05, 3.63) is 72.6 Å². The number of aliphatic carboxylic acids is 1. The molecule has 0 unspecified atom stereocenters. The summed E-state index contributed by atoms with van der Waals surface area (Å²) >= 11 is 0. The van der Waals surface area contributed by atoms with E-state index >= 15 is 0 Å². The number of hydrogen-bond acceptors (Lipinski definition) is 5. The highest BCUT2D eigenvalue weighted by Gasteiger charge is 2.30. The van der Waals surface area contributed by atoms with Gasteiger partial charge in [0, 0.05) is 12.4 Å². The first-order valence-electron chi connectivity index (χ1n) is 14.1. The molecule has 8 heteroatoms. The van der Waals surface area contributed by atoms with Crippen LogP contribution in [0.15, 0.2) is 67.0 Å². The van der Waals surface area contributed by atoms with Crippen molar-refractivity contribution in [1.29, 1.82) is 5.26 Å². The Morgan fingerprint density at radius 2 is 1.39 bits per heavy atom. The molecule has 2 atom stereocenters. The molecule has 220 valence electrons. The van der Waals surface area contributed by atoms with Crippen LogP contribution in [0.2, 0.25) is 0 Å². The van der Waals surface area contributed by atoms with Gasteiger partial charge in [0.05, 0.1) is 30.7 Å². The van der Waals surface area contributed by atoms with Gasteiger partial charge >= 0.3 is 5.97 Å². The van der Waals surface area contributed by atoms with E-state index in [1.54, 1.807) is 29.1 Å². The van der Waals surface area contributed by atoms with Gasteiger partial charge in [0.2, 0.25) is 5.91 Å². The van der Waals surface area contributed by atoms with Gasteiger partial charge < -0.3 is 25.0 Å². The van der Waals surface area contributed by atoms with Crippen molar-refractivity contribution < 1.29 is 19.8 Å². The number of nitrogens with zero attached hydrogens (tertiary/aromatic N) is 3. The number of carboxylic acid groups (broad SMARTS) is 1. The van der Waals surface area contributed by atoms with E-state index in [1.165, 1.54) is 19.6 Å². The molecule has 0 aliphatic carbocycles. The summed E-state index contributed by atoms with van der Waals surface area (Å²) in [6.07, 6.45) is 3.08. The first-order chi connectivity index (χ1) is 19.5. The van der Waals surface area contributed by atoms with Crippen LogP contribution in [0.4, 0.5) is 0 Å². The minimum absolute atomic E-state index is 0.239. The number of aromatic nitrogens is 1. The normalized spacial score (nSPS) is 12.6. The fourth-order valence-electron chi connectivity index (χ4n) is 4.34. The lowest BCUT2D eigenvalue weighted by molar-refractivity contribution is -0.141. The van der Waals surface area contributed by atoms with Gasteiger partial charge in [-0.1, -0.05) is 77.9 Å². The smallest absolute Gasteiger partial charge is 0.306 e. The largest absolute Gasteiger partial charge is 0.481 e. The monoisotopic (exact) mass is 560 g/mol. The van der Waals surface area contributed by atoms with Crippen LogP contribution in [0.25, 0.3) is 22.3 Å². The fourth-order valence-corrected chi connectivity index (χ4v) is 4.34. The summed E-state index contributed by atoms with van der Waals surface area (Å²) in [7, 11) is 0. The number of aliphatic hydroxyl groups excluding tert-OH is 1. The highest BCUT2D eigenvalue weighted by atomic mass is 16.4. The number of carbonyl (C=O) groups is 2. The van der Waals surface area contributed by atoms with Gasteiger partial charge in [0.1, 0.15) is 6.04 Å². The number of rotatable bonds is 11. The Morgan fingerprint density at radius 1 is 0.902 bits per heavy atom. The topological polar surface area (TPSA) is 119 Å². The van der Waals surface area contributed by atoms with E-state index in [2.05, 4.69) is 37.1 Å². The number of amides is 1. The van der Waals surface area contributed by atoms with E-state index in [-0.39, 0.29) is 18.4 Å². The Labute approximate surface area is 244 Å². The molecule has 8 nitrogen and oxygen atoms in total. The average Bonchev–Trinajstić information content (AvgIpc) is 3.45. The van der Waals surface area contributed by atoms with Crippen LogP contribution in [0, 0.1) is 16.7 Å². The predicted octanol–water partition coefficient (Wildman–Crippen LogP) is 5.58. The maximum Gasteiger partial charge on any atom is 0.306 e. The van der Waals surface area contributed by atoms with Gasteiger partial charge in [-0.3, -0.25) is 9.59 Å². The Kier molecular flexibility index (Phi) is 12.8. The van der Waals surface area contributed by atoms with E-state index in [4.69, 9.17) is 5.26 Å². The quantitative estimate of drug-likeness (QED) is 0.282. The van der Waals surface area contributed by atoms with Crippen molar-refractivity contribution in [3.8, 4) is 28.3 Å². The van der Waals surface area contributed by atoms with Crippen LogP contribution >= 0.6 is 0 Å². The maximum atomic E-state index is 13.0. The summed E-state index contributed by atoms with van der Waals surface area (Å²) in [5.41, 5.74) is 4.01. The summed E-state index contributed by atoms with van der Waals surface area (Å²) < 4.78 is 1.60. The molecule has 0 saturated heterocycles. The Hall–Kier alpha value is -3.93. The van der Waals surface area contributed by atoms with E-state index in [0.29, 0.717) is 5.56 Å². The molecule has 1 heterocycles. The first kappa shape index (κ1) is 33.3. The van der Waals surface area contributed by atoms with Crippen LogP contribution in [0.5, 0.6) is 0 Å². The number of benzene rings is 2. The SMILES string of the molecule is CC(C)(C)[C@@H](CO)NC(=O)[C@@H](CC(=O)O)n1ccc(-c2ccc(-c3ccc(C#N)cc3)cc2)c1.CCN(CC)CC. The molecule has 3 rings (SSSR count). The van der Waals surface area contributed by atoms with Gasteiger partial charge in [0.25, 0.3) is 0 Å². The van der Waals surface area contributed by atoms with Gasteiger partial charge in [-0.05, 0) is 65.5 Å². The zero-order valence-corrected chi connectivity index (χ0v) is 25.1. The highest BCUT2D eigenvalue weighted by molar-refractivity contribution is 5.85. The maximum absolute atomic E-state index is 13.0. The molecule has 1 aromatic heterocycles. The molecule has 1 amide bonds. The first-order valence-corrected chi connectivity index (χ1v) is 14.1. The number of aliphatic hydroxyl groups is 1. The lowest BCUT2D eigenvalue weighted by Gasteiger charge is -2.31. The number of hydrogen-bond donors (Lipinski definition) is 3. The Balaban J connectivity index is 0.000000745. The molecule has 3 N–H and O–H groups in total. The van der Waals surface area contributed by atoms with E-state index < -0.39 is 24.0 Å². The fraction of sp³-hybridized carbons (Fsp3) is 0.424. The Bertz CT molecular complexity index is 1270. The van der Waals surface area contributed by atoms with Gasteiger partial charge in [0.15, 0.2) is 0 Å². The second-order valence-electron chi connectivity index (χ2n) is 11.0. The van der Waals surface area contributed by atoms with E-state index in [1.807, 2.05) is 63.2 Å². The van der Waals surface area contributed by atoms with Crippen LogP contribution in [-0.2, 0) is 9.59 Å². The van der Waals surface area contributed by atoms with Crippen molar-refractivity contribution >= 4 is 11.9 Å². The molecule has 0 saturated carbocycles. The van der Waals surface area contributed by atoms with Crippen LogP contribution < -0.4 is 5.32 Å². The zero-order valence-electron chi connectivity index (χ0n) is 25.1. The summed E-state index contributed by atoms with van der Waals surface area (Å²) in [6.45, 7) is 15.6. The molecule has 2 aromatic carbocycles. The van der Waals surface area contributed by atoms with Crippen LogP contribution in [0.3, 0.4) is 0 Å². The van der Waals surface area contributed by atoms with Crippen molar-refractivity contribution in [3.63, 3.8) is 0 Å². The average molecular weight is 561 g/mol. The minimum atomic E-state index is -1.08. The minimum Gasteiger partial charge on any atom is -0.481 e. The molecule has 0 bridgehead atoms. The summed E-state index contributed by atoms with van der Waals surface area (Å²) in [4.78, 5) is 26.8. The van der Waals surface area contributed by atoms with Crippen molar-refractivity contribution in [2.24, 2.45) is 5.41 Å². The number of carboxylic acids is 1. The van der Waals surface area contributed by atoms with Crippen molar-refractivity contribution in [2.45, 2.75) is 60.0 Å². The van der Waals surface area contributed by atoms with Crippen molar-refractivity contribution in [1.82, 2.24) is 14.8 Å². The number of carbonyl (C=O) groups excluding carboxylic acids is 1. The third-order valence-electron chi connectivity index (χ3n) is 7.20. The van der Waals surface area contributed by atoms with Crippen LogP contribution in [0.1, 0.15) is 59.6 Å². The summed E-state index contributed by atoms with van der Waals surface area (Å²) in [6, 6.07) is 17.7. The highest BCUT2D eigenvalue weighted by Crippen LogP contribution is 2.27. The lowest BCUT2D eigenvalue weighted by atomic mass is 9.87. The molecular formula is C33H44N4O4.